The minimum atomic E-state index is -0.444. The third-order valence-corrected chi connectivity index (χ3v) is 5.79. The number of carbonyl (C=O) groups is 3. The number of halogens is 1. The number of nitrogens with zero attached hydrogens (tertiary/aromatic N) is 1. The number of amides is 3. The number of aliphatic hydroxyl groups excluding tert-OH is 1. The van der Waals surface area contributed by atoms with E-state index >= 15 is 0 Å². The summed E-state index contributed by atoms with van der Waals surface area (Å²) in [6.45, 7) is -0.234. The first-order valence-electron chi connectivity index (χ1n) is 9.42. The van der Waals surface area contributed by atoms with E-state index in [4.69, 9.17) is 11.6 Å². The smallest absolute Gasteiger partial charge is 0.293 e. The predicted molar refractivity (Wildman–Crippen MR) is 118 cm³/mol. The largest absolute Gasteiger partial charge is 0.394 e. The van der Waals surface area contributed by atoms with Crippen molar-refractivity contribution in [3.8, 4) is 0 Å². The Morgan fingerprint density at radius 2 is 1.83 bits per heavy atom. The molecule has 1 saturated heterocycles. The molecule has 3 rings (SSSR count). The van der Waals surface area contributed by atoms with Crippen LogP contribution in [0.5, 0.6) is 0 Å². The zero-order valence-electron chi connectivity index (χ0n) is 16.1. The van der Waals surface area contributed by atoms with Gasteiger partial charge in [0.2, 0.25) is 5.91 Å². The van der Waals surface area contributed by atoms with E-state index in [9.17, 15) is 19.5 Å². The third-order valence-electron chi connectivity index (χ3n) is 4.54. The number of nitrogens with one attached hydrogen (secondary N) is 1. The molecule has 0 spiro atoms. The molecule has 30 heavy (non-hydrogen) atoms. The number of thioether (sulfide) groups is 1. The lowest BCUT2D eigenvalue weighted by atomic mass is 10.1. The normalized spacial score (nSPS) is 16.2. The van der Waals surface area contributed by atoms with E-state index in [1.165, 1.54) is 0 Å². The van der Waals surface area contributed by atoms with Gasteiger partial charge in [-0.25, -0.2) is 0 Å². The molecule has 1 heterocycles. The van der Waals surface area contributed by atoms with E-state index in [0.29, 0.717) is 17.0 Å². The number of hydrogen-bond acceptors (Lipinski definition) is 5. The van der Waals surface area contributed by atoms with Gasteiger partial charge >= 0.3 is 0 Å². The third kappa shape index (κ3) is 5.72. The highest BCUT2D eigenvalue weighted by molar-refractivity contribution is 8.18. The molecule has 1 unspecified atom stereocenters. The van der Waals surface area contributed by atoms with Gasteiger partial charge in [-0.1, -0.05) is 60.1 Å². The lowest BCUT2D eigenvalue weighted by Crippen LogP contribution is -2.41. The Morgan fingerprint density at radius 1 is 1.13 bits per heavy atom. The van der Waals surface area contributed by atoms with Gasteiger partial charge in [0.05, 0.1) is 17.6 Å². The van der Waals surface area contributed by atoms with Gasteiger partial charge < -0.3 is 10.4 Å². The Balaban J connectivity index is 1.56. The van der Waals surface area contributed by atoms with E-state index in [1.54, 1.807) is 30.3 Å². The highest BCUT2D eigenvalue weighted by Gasteiger charge is 2.35. The number of hydrogen-bond donors (Lipinski definition) is 2. The maximum absolute atomic E-state index is 12.6. The van der Waals surface area contributed by atoms with E-state index < -0.39 is 17.2 Å². The molecular weight excluding hydrogens is 424 g/mol. The van der Waals surface area contributed by atoms with Gasteiger partial charge in [-0.3, -0.25) is 19.3 Å². The summed E-state index contributed by atoms with van der Waals surface area (Å²) in [4.78, 5) is 38.4. The summed E-state index contributed by atoms with van der Waals surface area (Å²) in [5.41, 5.74) is 1.64. The van der Waals surface area contributed by atoms with Crippen LogP contribution in [0.15, 0.2) is 59.5 Å². The first kappa shape index (κ1) is 22.1. The number of benzene rings is 2. The van der Waals surface area contributed by atoms with Gasteiger partial charge in [0.1, 0.15) is 0 Å². The minimum absolute atomic E-state index is 0.0279. The molecule has 2 aromatic rings. The molecule has 6 nitrogen and oxygen atoms in total. The number of rotatable bonds is 8. The summed E-state index contributed by atoms with van der Waals surface area (Å²) in [7, 11) is 0. The van der Waals surface area contributed by atoms with E-state index in [1.807, 2.05) is 30.3 Å². The fraction of sp³-hybridized carbons (Fsp3) is 0.227. The van der Waals surface area contributed by atoms with Crippen molar-refractivity contribution < 1.29 is 19.5 Å². The molecule has 0 aliphatic carbocycles. The van der Waals surface area contributed by atoms with E-state index in [2.05, 4.69) is 5.32 Å². The minimum Gasteiger partial charge on any atom is -0.394 e. The first-order chi connectivity index (χ1) is 14.5. The average Bonchev–Trinajstić information content (AvgIpc) is 3.01. The van der Waals surface area contributed by atoms with Gasteiger partial charge in [-0.2, -0.15) is 0 Å². The second-order valence-electron chi connectivity index (χ2n) is 6.74. The first-order valence-corrected chi connectivity index (χ1v) is 10.6. The zero-order chi connectivity index (χ0) is 21.5. The topological polar surface area (TPSA) is 86.7 Å². The fourth-order valence-corrected chi connectivity index (χ4v) is 4.05. The van der Waals surface area contributed by atoms with E-state index in [0.717, 1.165) is 22.2 Å². The molecule has 1 aliphatic rings. The predicted octanol–water partition coefficient (Wildman–Crippen LogP) is 3.49. The molecule has 1 atom stereocenters. The van der Waals surface area contributed by atoms with Crippen molar-refractivity contribution in [3.05, 3.63) is 75.7 Å². The molecule has 1 fully saturated rings. The maximum atomic E-state index is 12.6. The highest BCUT2D eigenvalue weighted by atomic mass is 35.5. The van der Waals surface area contributed by atoms with Crippen LogP contribution >= 0.6 is 23.4 Å². The summed E-state index contributed by atoms with van der Waals surface area (Å²) in [6, 6.07) is 16.1. The Hall–Kier alpha value is -2.61. The molecule has 1 aliphatic heterocycles. The Labute approximate surface area is 183 Å². The van der Waals surface area contributed by atoms with E-state index in [-0.39, 0.29) is 30.4 Å². The van der Waals surface area contributed by atoms with Gasteiger partial charge in [-0.15, -0.1) is 0 Å². The zero-order valence-corrected chi connectivity index (χ0v) is 17.7. The summed E-state index contributed by atoms with van der Waals surface area (Å²) in [6.07, 6.45) is 2.03. The molecule has 0 bridgehead atoms. The lowest BCUT2D eigenvalue weighted by molar-refractivity contribution is -0.124. The monoisotopic (exact) mass is 444 g/mol. The van der Waals surface area contributed by atoms with Crippen molar-refractivity contribution >= 4 is 46.5 Å². The van der Waals surface area contributed by atoms with Crippen LogP contribution < -0.4 is 5.32 Å². The molecule has 3 amide bonds. The number of imide groups is 1. The van der Waals surface area contributed by atoms with Crippen LogP contribution in [0.2, 0.25) is 5.02 Å². The maximum Gasteiger partial charge on any atom is 0.293 e. The van der Waals surface area contributed by atoms with Crippen molar-refractivity contribution in [2.45, 2.75) is 18.9 Å². The van der Waals surface area contributed by atoms with Crippen molar-refractivity contribution in [1.29, 1.82) is 0 Å². The van der Waals surface area contributed by atoms with Crippen LogP contribution in [0, 0.1) is 0 Å². The van der Waals surface area contributed by atoms with Gasteiger partial charge in [-0.05, 0) is 41.5 Å². The van der Waals surface area contributed by atoms with Crippen LogP contribution in [0.1, 0.15) is 17.5 Å². The fourth-order valence-electron chi connectivity index (χ4n) is 3.00. The Kier molecular flexibility index (Phi) is 7.68. The summed E-state index contributed by atoms with van der Waals surface area (Å²) in [5.74, 6) is -0.778. The second-order valence-corrected chi connectivity index (χ2v) is 8.14. The molecule has 156 valence electrons. The van der Waals surface area contributed by atoms with Crippen molar-refractivity contribution in [1.82, 2.24) is 10.2 Å². The molecule has 0 aromatic heterocycles. The van der Waals surface area contributed by atoms with Gasteiger partial charge in [0.15, 0.2) is 0 Å². The average molecular weight is 445 g/mol. The Bertz CT molecular complexity index is 965. The molecule has 2 aromatic carbocycles. The second kappa shape index (κ2) is 10.4. The van der Waals surface area contributed by atoms with Crippen molar-refractivity contribution in [2.75, 3.05) is 13.2 Å². The van der Waals surface area contributed by atoms with Crippen molar-refractivity contribution in [2.24, 2.45) is 0 Å². The van der Waals surface area contributed by atoms with Crippen LogP contribution in [0.3, 0.4) is 0 Å². The van der Waals surface area contributed by atoms with Gasteiger partial charge in [0, 0.05) is 18.0 Å². The summed E-state index contributed by atoms with van der Waals surface area (Å²) in [5, 5.41) is 12.4. The summed E-state index contributed by atoms with van der Waals surface area (Å²) >= 11 is 6.93. The van der Waals surface area contributed by atoms with Crippen LogP contribution in [-0.4, -0.2) is 46.3 Å². The molecule has 0 radical (unpaired) electrons. The quantitative estimate of drug-likeness (QED) is 0.608. The highest BCUT2D eigenvalue weighted by Crippen LogP contribution is 2.33. The standard InChI is InChI=1S/C22H21ClN2O4S/c23-18-9-5-4-8-16(18)13-19-21(28)25(22(29)30-19)11-10-20(27)24-17(14-26)12-15-6-2-1-3-7-15/h1-9,13,17,26H,10-12,14H2,(H,24,27). The van der Waals surface area contributed by atoms with Crippen LogP contribution in [-0.2, 0) is 16.0 Å². The lowest BCUT2D eigenvalue weighted by Gasteiger charge is -2.18. The number of carbonyl (C=O) groups excluding carboxylic acids is 3. The summed E-state index contributed by atoms with van der Waals surface area (Å²) < 4.78 is 0. The van der Waals surface area contributed by atoms with Crippen LogP contribution in [0.25, 0.3) is 6.08 Å². The SMILES string of the molecule is O=C(CCN1C(=O)SC(=Cc2ccccc2Cl)C1=O)NC(CO)Cc1ccccc1. The van der Waals surface area contributed by atoms with Gasteiger partial charge in [0.25, 0.3) is 11.1 Å². The van der Waals surface area contributed by atoms with Crippen LogP contribution in [0.4, 0.5) is 4.79 Å². The molecular formula is C22H21ClN2O4S. The number of aliphatic hydroxyl groups is 1. The van der Waals surface area contributed by atoms with Crippen molar-refractivity contribution in [3.63, 3.8) is 0 Å². The molecule has 0 saturated carbocycles. The Morgan fingerprint density at radius 3 is 2.53 bits per heavy atom. The molecule has 8 heteroatoms. The molecule has 2 N–H and O–H groups in total.